The molecule has 0 unspecified atom stereocenters. The molecule has 1 aromatic heterocycles. The molecule has 0 aliphatic carbocycles. The molecule has 0 N–H and O–H groups in total. The van der Waals surface area contributed by atoms with Gasteiger partial charge in [0.1, 0.15) is 0 Å². The largest absolute Gasteiger partial charge is 0.466 e. The number of carbonyl (C=O) groups excluding carboxylic acids is 1. The van der Waals surface area contributed by atoms with Gasteiger partial charge in [0, 0.05) is 25.5 Å². The Balaban J connectivity index is 1.89. The van der Waals surface area contributed by atoms with Crippen molar-refractivity contribution in [1.82, 2.24) is 9.88 Å². The normalized spacial score (nSPS) is 20.6. The Morgan fingerprint density at radius 1 is 1.50 bits per heavy atom. The van der Waals surface area contributed by atoms with Gasteiger partial charge in [-0.05, 0) is 44.0 Å². The summed E-state index contributed by atoms with van der Waals surface area (Å²) in [6, 6.07) is 4.04. The van der Waals surface area contributed by atoms with Crippen LogP contribution in [-0.2, 0) is 16.1 Å². The number of likely N-dealkylation sites (tertiary alicyclic amines) is 1. The molecule has 0 saturated carbocycles. The van der Waals surface area contributed by atoms with Crippen molar-refractivity contribution in [3.63, 3.8) is 0 Å². The van der Waals surface area contributed by atoms with E-state index >= 15 is 0 Å². The monoisotopic (exact) mass is 248 g/mol. The Bertz CT molecular complexity index is 381. The summed E-state index contributed by atoms with van der Waals surface area (Å²) in [6.45, 7) is 5.08. The number of piperidine rings is 1. The van der Waals surface area contributed by atoms with E-state index in [0.717, 1.165) is 32.5 Å². The first-order chi connectivity index (χ1) is 8.79. The lowest BCUT2D eigenvalue weighted by Crippen LogP contribution is -2.38. The highest BCUT2D eigenvalue weighted by Crippen LogP contribution is 2.19. The number of pyridine rings is 1. The van der Waals surface area contributed by atoms with Crippen molar-refractivity contribution in [2.24, 2.45) is 5.92 Å². The van der Waals surface area contributed by atoms with Gasteiger partial charge in [-0.2, -0.15) is 0 Å². The van der Waals surface area contributed by atoms with E-state index in [0.29, 0.717) is 6.61 Å². The fourth-order valence-electron chi connectivity index (χ4n) is 2.40. The highest BCUT2D eigenvalue weighted by Gasteiger charge is 2.26. The Labute approximate surface area is 108 Å². The third kappa shape index (κ3) is 3.53. The number of ether oxygens (including phenoxy) is 1. The van der Waals surface area contributed by atoms with Gasteiger partial charge < -0.3 is 4.74 Å². The van der Waals surface area contributed by atoms with Crippen LogP contribution >= 0.6 is 0 Å². The summed E-state index contributed by atoms with van der Waals surface area (Å²) in [5, 5.41) is 0. The van der Waals surface area contributed by atoms with Crippen LogP contribution < -0.4 is 0 Å². The third-order valence-electron chi connectivity index (χ3n) is 3.28. The summed E-state index contributed by atoms with van der Waals surface area (Å²) in [5.74, 6) is -0.00235. The molecule has 2 heterocycles. The van der Waals surface area contributed by atoms with Crippen molar-refractivity contribution in [3.8, 4) is 0 Å². The van der Waals surface area contributed by atoms with E-state index in [9.17, 15) is 4.79 Å². The predicted molar refractivity (Wildman–Crippen MR) is 68.9 cm³/mol. The minimum Gasteiger partial charge on any atom is -0.466 e. The molecular formula is C14H20N2O2. The quantitative estimate of drug-likeness (QED) is 0.763. The van der Waals surface area contributed by atoms with E-state index in [4.69, 9.17) is 4.74 Å². The second-order valence-corrected chi connectivity index (χ2v) is 4.68. The van der Waals surface area contributed by atoms with Crippen LogP contribution in [0.3, 0.4) is 0 Å². The van der Waals surface area contributed by atoms with E-state index in [2.05, 4.69) is 9.88 Å². The number of rotatable bonds is 4. The van der Waals surface area contributed by atoms with Gasteiger partial charge in [0.05, 0.1) is 12.5 Å². The number of aromatic nitrogens is 1. The second-order valence-electron chi connectivity index (χ2n) is 4.68. The molecule has 98 valence electrons. The minimum atomic E-state index is -0.0445. The standard InChI is InChI=1S/C14H20N2O2/c1-2-18-14(17)13-4-3-9-16(11-13)10-12-5-7-15-8-6-12/h5-8,13H,2-4,9-11H2,1H3/t13-/m1/s1. The first kappa shape index (κ1) is 13.0. The zero-order valence-corrected chi connectivity index (χ0v) is 10.8. The molecular weight excluding hydrogens is 228 g/mol. The highest BCUT2D eigenvalue weighted by atomic mass is 16.5. The van der Waals surface area contributed by atoms with Crippen LogP contribution in [0.4, 0.5) is 0 Å². The zero-order valence-electron chi connectivity index (χ0n) is 10.8. The summed E-state index contributed by atoms with van der Waals surface area (Å²) in [5.41, 5.74) is 1.24. The van der Waals surface area contributed by atoms with E-state index in [1.165, 1.54) is 5.56 Å². The number of hydrogen-bond acceptors (Lipinski definition) is 4. The first-order valence-electron chi connectivity index (χ1n) is 6.57. The number of carbonyl (C=O) groups is 1. The second kappa shape index (κ2) is 6.50. The van der Waals surface area contributed by atoms with Gasteiger partial charge in [0.2, 0.25) is 0 Å². The van der Waals surface area contributed by atoms with E-state index < -0.39 is 0 Å². The Morgan fingerprint density at radius 2 is 2.28 bits per heavy atom. The first-order valence-corrected chi connectivity index (χ1v) is 6.57. The lowest BCUT2D eigenvalue weighted by molar-refractivity contribution is -0.150. The summed E-state index contributed by atoms with van der Waals surface area (Å²) in [7, 11) is 0. The van der Waals surface area contributed by atoms with Crippen LogP contribution in [0.15, 0.2) is 24.5 Å². The molecule has 1 fully saturated rings. The van der Waals surface area contributed by atoms with Crippen LogP contribution in [0.5, 0.6) is 0 Å². The fraction of sp³-hybridized carbons (Fsp3) is 0.571. The van der Waals surface area contributed by atoms with E-state index in [1.54, 1.807) is 0 Å². The molecule has 2 rings (SSSR count). The molecule has 1 aliphatic heterocycles. The molecule has 18 heavy (non-hydrogen) atoms. The van der Waals surface area contributed by atoms with Crippen LogP contribution in [0.1, 0.15) is 25.3 Å². The Kier molecular flexibility index (Phi) is 4.70. The maximum absolute atomic E-state index is 11.7. The zero-order chi connectivity index (χ0) is 12.8. The molecule has 0 spiro atoms. The SMILES string of the molecule is CCOC(=O)[C@@H]1CCCN(Cc2ccncc2)C1. The maximum Gasteiger partial charge on any atom is 0.310 e. The number of hydrogen-bond donors (Lipinski definition) is 0. The van der Waals surface area contributed by atoms with Crippen molar-refractivity contribution in [3.05, 3.63) is 30.1 Å². The van der Waals surface area contributed by atoms with Gasteiger partial charge in [-0.3, -0.25) is 14.7 Å². The van der Waals surface area contributed by atoms with Crippen molar-refractivity contribution < 1.29 is 9.53 Å². The van der Waals surface area contributed by atoms with Gasteiger partial charge in [-0.25, -0.2) is 0 Å². The number of nitrogens with zero attached hydrogens (tertiary/aromatic N) is 2. The summed E-state index contributed by atoms with van der Waals surface area (Å²) in [4.78, 5) is 18.1. The lowest BCUT2D eigenvalue weighted by atomic mass is 9.98. The van der Waals surface area contributed by atoms with Gasteiger partial charge in [-0.15, -0.1) is 0 Å². The van der Waals surface area contributed by atoms with Crippen molar-refractivity contribution in [2.75, 3.05) is 19.7 Å². The summed E-state index contributed by atoms with van der Waals surface area (Å²) < 4.78 is 5.10. The van der Waals surface area contributed by atoms with Gasteiger partial charge in [0.25, 0.3) is 0 Å². The molecule has 4 heteroatoms. The molecule has 1 saturated heterocycles. The minimum absolute atomic E-state index is 0.0422. The molecule has 1 atom stereocenters. The molecule has 1 aliphatic rings. The summed E-state index contributed by atoms with van der Waals surface area (Å²) >= 11 is 0. The van der Waals surface area contributed by atoms with Crippen LogP contribution in [-0.4, -0.2) is 35.5 Å². The van der Waals surface area contributed by atoms with Crippen molar-refractivity contribution in [2.45, 2.75) is 26.3 Å². The lowest BCUT2D eigenvalue weighted by Gasteiger charge is -2.31. The summed E-state index contributed by atoms with van der Waals surface area (Å²) in [6.07, 6.45) is 5.63. The van der Waals surface area contributed by atoms with Crippen LogP contribution in [0, 0.1) is 5.92 Å². The molecule has 0 radical (unpaired) electrons. The molecule has 1 aromatic rings. The van der Waals surface area contributed by atoms with Gasteiger partial charge in [0.15, 0.2) is 0 Å². The van der Waals surface area contributed by atoms with Gasteiger partial charge >= 0.3 is 5.97 Å². The highest BCUT2D eigenvalue weighted by molar-refractivity contribution is 5.72. The van der Waals surface area contributed by atoms with Crippen molar-refractivity contribution in [1.29, 1.82) is 0 Å². The molecule has 0 amide bonds. The molecule has 0 bridgehead atoms. The van der Waals surface area contributed by atoms with Crippen molar-refractivity contribution >= 4 is 5.97 Å². The van der Waals surface area contributed by atoms with E-state index in [-0.39, 0.29) is 11.9 Å². The average Bonchev–Trinajstić information content (AvgIpc) is 2.40. The van der Waals surface area contributed by atoms with E-state index in [1.807, 2.05) is 31.5 Å². The van der Waals surface area contributed by atoms with Crippen LogP contribution in [0.25, 0.3) is 0 Å². The third-order valence-corrected chi connectivity index (χ3v) is 3.28. The Hall–Kier alpha value is -1.42. The average molecular weight is 248 g/mol. The van der Waals surface area contributed by atoms with Crippen LogP contribution in [0.2, 0.25) is 0 Å². The maximum atomic E-state index is 11.7. The smallest absolute Gasteiger partial charge is 0.310 e. The number of esters is 1. The predicted octanol–water partition coefficient (Wildman–Crippen LogP) is 1.86. The molecule has 0 aromatic carbocycles. The van der Waals surface area contributed by atoms with Gasteiger partial charge in [-0.1, -0.05) is 0 Å². The Morgan fingerprint density at radius 3 is 3.00 bits per heavy atom. The molecule has 4 nitrogen and oxygen atoms in total. The topological polar surface area (TPSA) is 42.4 Å². The fourth-order valence-corrected chi connectivity index (χ4v) is 2.40.